The SMILES string of the molecule is Cc1ccccc1NC(=O)c1ccc(C(=O)NCCc2ccc(F)cc2)cc1. The Labute approximate surface area is 163 Å². The number of halogens is 1. The molecule has 28 heavy (non-hydrogen) atoms. The van der Waals surface area contributed by atoms with Crippen molar-refractivity contribution >= 4 is 17.5 Å². The van der Waals surface area contributed by atoms with Crippen LogP contribution in [0.1, 0.15) is 31.8 Å². The zero-order valence-corrected chi connectivity index (χ0v) is 15.5. The lowest BCUT2D eigenvalue weighted by Gasteiger charge is -2.09. The summed E-state index contributed by atoms with van der Waals surface area (Å²) in [5.74, 6) is -0.718. The van der Waals surface area contributed by atoms with Crippen molar-refractivity contribution in [1.82, 2.24) is 5.32 Å². The molecule has 3 rings (SSSR count). The molecule has 0 saturated carbocycles. The van der Waals surface area contributed by atoms with E-state index >= 15 is 0 Å². The molecule has 0 fully saturated rings. The average Bonchev–Trinajstić information content (AvgIpc) is 2.71. The van der Waals surface area contributed by atoms with E-state index in [1.54, 1.807) is 36.4 Å². The molecule has 5 heteroatoms. The highest BCUT2D eigenvalue weighted by molar-refractivity contribution is 6.05. The predicted octanol–water partition coefficient (Wildman–Crippen LogP) is 4.36. The van der Waals surface area contributed by atoms with Crippen LogP contribution in [0.2, 0.25) is 0 Å². The quantitative estimate of drug-likeness (QED) is 0.672. The van der Waals surface area contributed by atoms with Gasteiger partial charge in [-0.1, -0.05) is 30.3 Å². The number of hydrogen-bond donors (Lipinski definition) is 2. The summed E-state index contributed by atoms with van der Waals surface area (Å²) in [4.78, 5) is 24.6. The Morgan fingerprint density at radius 1 is 0.821 bits per heavy atom. The molecule has 0 heterocycles. The van der Waals surface area contributed by atoms with Crippen LogP contribution >= 0.6 is 0 Å². The Kier molecular flexibility index (Phi) is 6.17. The number of carbonyl (C=O) groups excluding carboxylic acids is 2. The first-order valence-corrected chi connectivity index (χ1v) is 9.02. The van der Waals surface area contributed by atoms with Gasteiger partial charge in [0.1, 0.15) is 5.82 Å². The minimum absolute atomic E-state index is 0.215. The van der Waals surface area contributed by atoms with Gasteiger partial charge in [-0.05, 0) is 66.9 Å². The van der Waals surface area contributed by atoms with Crippen LogP contribution in [0.25, 0.3) is 0 Å². The Morgan fingerprint density at radius 3 is 2.07 bits per heavy atom. The lowest BCUT2D eigenvalue weighted by atomic mass is 10.1. The van der Waals surface area contributed by atoms with Crippen LogP contribution in [-0.2, 0) is 6.42 Å². The average molecular weight is 376 g/mol. The van der Waals surface area contributed by atoms with Gasteiger partial charge in [0, 0.05) is 23.4 Å². The summed E-state index contributed by atoms with van der Waals surface area (Å²) >= 11 is 0. The third kappa shape index (κ3) is 5.04. The fourth-order valence-electron chi connectivity index (χ4n) is 2.75. The lowest BCUT2D eigenvalue weighted by Crippen LogP contribution is -2.25. The first-order chi connectivity index (χ1) is 13.5. The van der Waals surface area contributed by atoms with Gasteiger partial charge in [-0.3, -0.25) is 9.59 Å². The van der Waals surface area contributed by atoms with Crippen molar-refractivity contribution in [3.8, 4) is 0 Å². The highest BCUT2D eigenvalue weighted by Gasteiger charge is 2.10. The molecule has 4 nitrogen and oxygen atoms in total. The fraction of sp³-hybridized carbons (Fsp3) is 0.130. The molecule has 0 aliphatic rings. The van der Waals surface area contributed by atoms with Crippen LogP contribution in [0, 0.1) is 12.7 Å². The van der Waals surface area contributed by atoms with E-state index in [1.165, 1.54) is 12.1 Å². The number of nitrogens with one attached hydrogen (secondary N) is 2. The smallest absolute Gasteiger partial charge is 0.255 e. The second-order valence-corrected chi connectivity index (χ2v) is 6.48. The predicted molar refractivity (Wildman–Crippen MR) is 108 cm³/mol. The largest absolute Gasteiger partial charge is 0.352 e. The highest BCUT2D eigenvalue weighted by atomic mass is 19.1. The van der Waals surface area contributed by atoms with Gasteiger partial charge in [0.25, 0.3) is 11.8 Å². The van der Waals surface area contributed by atoms with Gasteiger partial charge in [-0.25, -0.2) is 4.39 Å². The van der Waals surface area contributed by atoms with Crippen molar-refractivity contribution in [2.45, 2.75) is 13.3 Å². The van der Waals surface area contributed by atoms with Crippen molar-refractivity contribution in [2.24, 2.45) is 0 Å². The summed E-state index contributed by atoms with van der Waals surface area (Å²) in [6, 6.07) is 20.2. The maximum atomic E-state index is 12.9. The number of aryl methyl sites for hydroxylation is 1. The van der Waals surface area contributed by atoms with E-state index in [-0.39, 0.29) is 17.6 Å². The summed E-state index contributed by atoms with van der Waals surface area (Å²) in [6.45, 7) is 2.37. The molecule has 0 spiro atoms. The first kappa shape index (κ1) is 19.3. The van der Waals surface area contributed by atoms with Gasteiger partial charge in [-0.15, -0.1) is 0 Å². The van der Waals surface area contributed by atoms with Crippen LogP contribution in [0.4, 0.5) is 10.1 Å². The minimum Gasteiger partial charge on any atom is -0.352 e. The summed E-state index contributed by atoms with van der Waals surface area (Å²) < 4.78 is 12.9. The van der Waals surface area contributed by atoms with Gasteiger partial charge in [0.05, 0.1) is 0 Å². The third-order valence-corrected chi connectivity index (χ3v) is 4.42. The normalized spacial score (nSPS) is 10.4. The molecule has 0 radical (unpaired) electrons. The Bertz CT molecular complexity index is 967. The molecule has 3 aromatic rings. The summed E-state index contributed by atoms with van der Waals surface area (Å²) in [7, 11) is 0. The van der Waals surface area contributed by atoms with Crippen LogP contribution in [0.5, 0.6) is 0 Å². The molecule has 0 atom stereocenters. The van der Waals surface area contributed by atoms with Crippen LogP contribution in [-0.4, -0.2) is 18.4 Å². The molecular formula is C23H21FN2O2. The molecule has 3 aromatic carbocycles. The Hall–Kier alpha value is -3.47. The lowest BCUT2D eigenvalue weighted by molar-refractivity contribution is 0.0952. The second-order valence-electron chi connectivity index (χ2n) is 6.48. The zero-order valence-electron chi connectivity index (χ0n) is 15.5. The van der Waals surface area contributed by atoms with Crippen LogP contribution in [0.15, 0.2) is 72.8 Å². The third-order valence-electron chi connectivity index (χ3n) is 4.42. The van der Waals surface area contributed by atoms with Gasteiger partial charge in [-0.2, -0.15) is 0 Å². The van der Waals surface area contributed by atoms with E-state index in [0.29, 0.717) is 24.1 Å². The minimum atomic E-state index is -0.278. The Morgan fingerprint density at radius 2 is 1.43 bits per heavy atom. The van der Waals surface area contributed by atoms with E-state index in [1.807, 2.05) is 31.2 Å². The van der Waals surface area contributed by atoms with Gasteiger partial charge in [0.2, 0.25) is 0 Å². The van der Waals surface area contributed by atoms with Crippen molar-refractivity contribution in [2.75, 3.05) is 11.9 Å². The summed E-state index contributed by atoms with van der Waals surface area (Å²) in [6.07, 6.45) is 0.614. The first-order valence-electron chi connectivity index (χ1n) is 9.02. The van der Waals surface area contributed by atoms with Gasteiger partial charge < -0.3 is 10.6 Å². The molecule has 0 saturated heterocycles. The van der Waals surface area contributed by atoms with E-state index < -0.39 is 0 Å². The van der Waals surface area contributed by atoms with Crippen molar-refractivity contribution in [1.29, 1.82) is 0 Å². The molecule has 0 unspecified atom stereocenters. The molecular weight excluding hydrogens is 355 g/mol. The maximum absolute atomic E-state index is 12.9. The van der Waals surface area contributed by atoms with Crippen LogP contribution < -0.4 is 10.6 Å². The number of amides is 2. The zero-order chi connectivity index (χ0) is 19.9. The van der Waals surface area contributed by atoms with E-state index in [2.05, 4.69) is 10.6 Å². The molecule has 2 N–H and O–H groups in total. The van der Waals surface area contributed by atoms with Crippen LogP contribution in [0.3, 0.4) is 0 Å². The monoisotopic (exact) mass is 376 g/mol. The number of rotatable bonds is 6. The molecule has 0 aromatic heterocycles. The highest BCUT2D eigenvalue weighted by Crippen LogP contribution is 2.15. The molecule has 2 amide bonds. The van der Waals surface area contributed by atoms with Crippen molar-refractivity contribution in [3.05, 3.63) is 101 Å². The van der Waals surface area contributed by atoms with Crippen molar-refractivity contribution < 1.29 is 14.0 Å². The summed E-state index contributed by atoms with van der Waals surface area (Å²) in [5.41, 5.74) is 3.64. The molecule has 0 bridgehead atoms. The number of hydrogen-bond acceptors (Lipinski definition) is 2. The van der Waals surface area contributed by atoms with E-state index in [4.69, 9.17) is 0 Å². The number of anilines is 1. The maximum Gasteiger partial charge on any atom is 0.255 e. The number of para-hydroxylation sites is 1. The van der Waals surface area contributed by atoms with E-state index in [9.17, 15) is 14.0 Å². The number of carbonyl (C=O) groups is 2. The second kappa shape index (κ2) is 8.95. The molecule has 0 aliphatic heterocycles. The molecule has 142 valence electrons. The van der Waals surface area contributed by atoms with Gasteiger partial charge >= 0.3 is 0 Å². The number of benzene rings is 3. The van der Waals surface area contributed by atoms with Crippen molar-refractivity contribution in [3.63, 3.8) is 0 Å². The molecule has 0 aliphatic carbocycles. The standard InChI is InChI=1S/C23H21FN2O2/c1-16-4-2-3-5-21(16)26-23(28)19-10-8-18(9-11-19)22(27)25-15-14-17-6-12-20(24)13-7-17/h2-13H,14-15H2,1H3,(H,25,27)(H,26,28). The van der Waals surface area contributed by atoms with Gasteiger partial charge in [0.15, 0.2) is 0 Å². The topological polar surface area (TPSA) is 58.2 Å². The summed E-state index contributed by atoms with van der Waals surface area (Å²) in [5, 5.41) is 5.69. The Balaban J connectivity index is 1.54. The fourth-order valence-corrected chi connectivity index (χ4v) is 2.75. The van der Waals surface area contributed by atoms with E-state index in [0.717, 1.165) is 16.8 Å².